The Balaban J connectivity index is 1.49. The summed E-state index contributed by atoms with van der Waals surface area (Å²) in [4.78, 5) is 39.4. The lowest BCUT2D eigenvalue weighted by atomic mass is 10.1. The van der Waals surface area contributed by atoms with Gasteiger partial charge in [-0.3, -0.25) is 19.3 Å². The summed E-state index contributed by atoms with van der Waals surface area (Å²) >= 11 is 13.1. The van der Waals surface area contributed by atoms with Crippen molar-refractivity contribution < 1.29 is 19.1 Å². The molecule has 1 aliphatic rings. The molecule has 3 amide bonds. The Hall–Kier alpha value is -3.26. The molecule has 0 saturated carbocycles. The SMILES string of the molecule is Cc1ccccc1CN1C(=O)S/C(=C\c2cc(Cl)ccc2OCC(=O)Nc2ccccc2Cl)C1=O. The quantitative estimate of drug-likeness (QED) is 0.353. The van der Waals surface area contributed by atoms with Crippen molar-refractivity contribution in [2.45, 2.75) is 13.5 Å². The number of anilines is 1. The maximum absolute atomic E-state index is 13.0. The van der Waals surface area contributed by atoms with Gasteiger partial charge in [0.15, 0.2) is 6.61 Å². The molecular weight excluding hydrogens is 507 g/mol. The number of halogens is 2. The number of nitrogens with one attached hydrogen (secondary N) is 1. The smallest absolute Gasteiger partial charge is 0.293 e. The highest BCUT2D eigenvalue weighted by Gasteiger charge is 2.35. The van der Waals surface area contributed by atoms with E-state index in [1.54, 1.807) is 48.5 Å². The summed E-state index contributed by atoms with van der Waals surface area (Å²) in [5, 5.41) is 3.16. The molecule has 3 aromatic rings. The number of hydrogen-bond acceptors (Lipinski definition) is 5. The highest BCUT2D eigenvalue weighted by molar-refractivity contribution is 8.18. The monoisotopic (exact) mass is 526 g/mol. The maximum atomic E-state index is 13.0. The van der Waals surface area contributed by atoms with Crippen LogP contribution in [-0.4, -0.2) is 28.6 Å². The van der Waals surface area contributed by atoms with Crippen molar-refractivity contribution in [1.82, 2.24) is 4.90 Å². The van der Waals surface area contributed by atoms with Crippen LogP contribution >= 0.6 is 35.0 Å². The van der Waals surface area contributed by atoms with Gasteiger partial charge in [0.05, 0.1) is 22.2 Å². The standard InChI is InChI=1S/C26H20Cl2N2O4S/c1-16-6-2-3-7-17(16)14-30-25(32)23(35-26(30)33)13-18-12-19(27)10-11-22(18)34-15-24(31)29-21-9-5-4-8-20(21)28/h2-13H,14-15H2,1H3,(H,29,31)/b23-13-. The first-order chi connectivity index (χ1) is 16.8. The van der Waals surface area contributed by atoms with Gasteiger partial charge in [0.25, 0.3) is 17.1 Å². The second-order valence-corrected chi connectivity index (χ2v) is 9.53. The fourth-order valence-electron chi connectivity index (χ4n) is 3.39. The van der Waals surface area contributed by atoms with Crippen LogP contribution in [0.1, 0.15) is 16.7 Å². The first-order valence-electron chi connectivity index (χ1n) is 10.6. The number of para-hydroxylation sites is 1. The van der Waals surface area contributed by atoms with Crippen LogP contribution in [0.15, 0.2) is 71.6 Å². The zero-order valence-electron chi connectivity index (χ0n) is 18.6. The predicted octanol–water partition coefficient (Wildman–Crippen LogP) is 6.56. The number of nitrogens with zero attached hydrogens (tertiary/aromatic N) is 1. The van der Waals surface area contributed by atoms with Gasteiger partial charge in [-0.05, 0) is 66.2 Å². The van der Waals surface area contributed by atoms with Gasteiger partial charge >= 0.3 is 0 Å². The Labute approximate surface area is 216 Å². The fourth-order valence-corrected chi connectivity index (χ4v) is 4.58. The summed E-state index contributed by atoms with van der Waals surface area (Å²) in [5.41, 5.74) is 2.84. The van der Waals surface area contributed by atoms with Crippen molar-refractivity contribution in [2.75, 3.05) is 11.9 Å². The summed E-state index contributed by atoms with van der Waals surface area (Å²) < 4.78 is 5.70. The minimum atomic E-state index is -0.405. The molecule has 0 aromatic heterocycles. The third kappa shape index (κ3) is 6.06. The molecule has 178 valence electrons. The number of carbonyl (C=O) groups excluding carboxylic acids is 3. The van der Waals surface area contributed by atoms with Gasteiger partial charge in [-0.25, -0.2) is 0 Å². The van der Waals surface area contributed by atoms with Crippen molar-refractivity contribution in [1.29, 1.82) is 0 Å². The Morgan fingerprint density at radius 1 is 1.06 bits per heavy atom. The lowest BCUT2D eigenvalue weighted by molar-refractivity contribution is -0.123. The minimum absolute atomic E-state index is 0.190. The van der Waals surface area contributed by atoms with Crippen LogP contribution in [0, 0.1) is 6.92 Å². The van der Waals surface area contributed by atoms with E-state index in [9.17, 15) is 14.4 Å². The number of thioether (sulfide) groups is 1. The van der Waals surface area contributed by atoms with Crippen molar-refractivity contribution in [3.8, 4) is 5.75 Å². The highest BCUT2D eigenvalue weighted by atomic mass is 35.5. The largest absolute Gasteiger partial charge is 0.483 e. The second kappa shape index (κ2) is 11.0. The molecule has 1 saturated heterocycles. The lowest BCUT2D eigenvalue weighted by Crippen LogP contribution is -2.27. The number of hydrogen-bond donors (Lipinski definition) is 1. The summed E-state index contributed by atoms with van der Waals surface area (Å²) in [5.74, 6) is -0.461. The van der Waals surface area contributed by atoms with Crippen LogP contribution < -0.4 is 10.1 Å². The molecule has 1 heterocycles. The van der Waals surface area contributed by atoms with Gasteiger partial charge in [-0.2, -0.15) is 0 Å². The van der Waals surface area contributed by atoms with Crippen LogP contribution in [0.3, 0.4) is 0 Å². The van der Waals surface area contributed by atoms with Crippen LogP contribution in [0.4, 0.5) is 10.5 Å². The van der Waals surface area contributed by atoms with Gasteiger partial charge < -0.3 is 10.1 Å². The van der Waals surface area contributed by atoms with Crippen molar-refractivity contribution in [2.24, 2.45) is 0 Å². The number of aryl methyl sites for hydroxylation is 1. The number of ether oxygens (including phenoxy) is 1. The number of rotatable bonds is 7. The van der Waals surface area contributed by atoms with Gasteiger partial charge in [-0.1, -0.05) is 59.6 Å². The molecular formula is C26H20Cl2N2O4S. The summed E-state index contributed by atoms with van der Waals surface area (Å²) in [6.07, 6.45) is 1.55. The third-order valence-electron chi connectivity index (χ3n) is 5.23. The molecule has 35 heavy (non-hydrogen) atoms. The van der Waals surface area contributed by atoms with Crippen LogP contribution in [0.5, 0.6) is 5.75 Å². The lowest BCUT2D eigenvalue weighted by Gasteiger charge is -2.14. The van der Waals surface area contributed by atoms with Gasteiger partial charge in [0, 0.05) is 10.6 Å². The number of carbonyl (C=O) groups is 3. The van der Waals surface area contributed by atoms with Crippen LogP contribution in [0.25, 0.3) is 6.08 Å². The van der Waals surface area contributed by atoms with Gasteiger partial charge in [-0.15, -0.1) is 0 Å². The third-order valence-corrected chi connectivity index (χ3v) is 6.70. The molecule has 0 spiro atoms. The minimum Gasteiger partial charge on any atom is -0.483 e. The average Bonchev–Trinajstić information content (AvgIpc) is 3.09. The molecule has 0 bridgehead atoms. The van der Waals surface area contributed by atoms with E-state index < -0.39 is 11.8 Å². The van der Waals surface area contributed by atoms with E-state index >= 15 is 0 Å². The predicted molar refractivity (Wildman–Crippen MR) is 140 cm³/mol. The van der Waals surface area contributed by atoms with Crippen LogP contribution in [0.2, 0.25) is 10.0 Å². The molecule has 9 heteroatoms. The van der Waals surface area contributed by atoms with E-state index in [2.05, 4.69) is 5.32 Å². The molecule has 3 aromatic carbocycles. The van der Waals surface area contributed by atoms with Crippen molar-refractivity contribution in [3.05, 3.63) is 98.4 Å². The van der Waals surface area contributed by atoms with E-state index in [0.29, 0.717) is 27.0 Å². The zero-order valence-corrected chi connectivity index (χ0v) is 20.9. The van der Waals surface area contributed by atoms with Crippen molar-refractivity contribution >= 4 is 63.8 Å². The Morgan fingerprint density at radius 2 is 1.80 bits per heavy atom. The van der Waals surface area contributed by atoms with Crippen molar-refractivity contribution in [3.63, 3.8) is 0 Å². The molecule has 0 aliphatic carbocycles. The maximum Gasteiger partial charge on any atom is 0.293 e. The van der Waals surface area contributed by atoms with E-state index in [1.807, 2.05) is 31.2 Å². The summed E-state index contributed by atoms with van der Waals surface area (Å²) in [6.45, 7) is 1.83. The summed E-state index contributed by atoms with van der Waals surface area (Å²) in [6, 6.07) is 19.3. The molecule has 6 nitrogen and oxygen atoms in total. The van der Waals surface area contributed by atoms with E-state index in [1.165, 1.54) is 4.90 Å². The normalized spacial score (nSPS) is 14.5. The molecule has 0 radical (unpaired) electrons. The Morgan fingerprint density at radius 3 is 2.57 bits per heavy atom. The van der Waals surface area contributed by atoms with E-state index in [4.69, 9.17) is 27.9 Å². The molecule has 1 aliphatic heterocycles. The average molecular weight is 527 g/mol. The fraction of sp³-hybridized carbons (Fsp3) is 0.115. The molecule has 0 atom stereocenters. The Bertz CT molecular complexity index is 1340. The van der Waals surface area contributed by atoms with Gasteiger partial charge in [0.2, 0.25) is 0 Å². The first kappa shape index (κ1) is 24.9. The number of benzene rings is 3. The molecule has 0 unspecified atom stereocenters. The highest BCUT2D eigenvalue weighted by Crippen LogP contribution is 2.36. The molecule has 1 N–H and O–H groups in total. The van der Waals surface area contributed by atoms with Gasteiger partial charge in [0.1, 0.15) is 5.75 Å². The Kier molecular flexibility index (Phi) is 7.80. The first-order valence-corrected chi connectivity index (χ1v) is 12.2. The second-order valence-electron chi connectivity index (χ2n) is 7.69. The molecule has 1 fully saturated rings. The number of amides is 3. The van der Waals surface area contributed by atoms with E-state index in [-0.39, 0.29) is 23.3 Å². The summed E-state index contributed by atoms with van der Waals surface area (Å²) in [7, 11) is 0. The zero-order chi connectivity index (χ0) is 24.9. The van der Waals surface area contributed by atoms with E-state index in [0.717, 1.165) is 22.9 Å². The topological polar surface area (TPSA) is 75.7 Å². The van der Waals surface area contributed by atoms with Crippen LogP contribution in [-0.2, 0) is 16.1 Å². The number of imide groups is 1. The molecule has 4 rings (SSSR count).